The van der Waals surface area contributed by atoms with Crippen LogP contribution in [0.1, 0.15) is 40.0 Å². The zero-order valence-corrected chi connectivity index (χ0v) is 14.6. The van der Waals surface area contributed by atoms with Crippen molar-refractivity contribution in [3.8, 4) is 11.5 Å². The molecule has 0 saturated heterocycles. The number of carbonyl (C=O) groups is 1. The zero-order chi connectivity index (χ0) is 17.1. The van der Waals surface area contributed by atoms with Crippen LogP contribution in [0.4, 0.5) is 0 Å². The van der Waals surface area contributed by atoms with Crippen LogP contribution in [-0.4, -0.2) is 24.3 Å². The minimum absolute atomic E-state index is 0.206. The first-order valence-corrected chi connectivity index (χ1v) is 8.79. The van der Waals surface area contributed by atoms with Crippen molar-refractivity contribution in [3.63, 3.8) is 0 Å². The number of ether oxygens (including phenoxy) is 2. The van der Waals surface area contributed by atoms with E-state index in [0.29, 0.717) is 29.3 Å². The zero-order valence-electron chi connectivity index (χ0n) is 14.6. The molecule has 1 heterocycles. The highest BCUT2D eigenvalue weighted by Crippen LogP contribution is 2.32. The maximum absolute atomic E-state index is 12.4. The van der Waals surface area contributed by atoms with Crippen molar-refractivity contribution < 1.29 is 14.3 Å². The Morgan fingerprint density at radius 1 is 1.25 bits per heavy atom. The molecular formula is C19H26N2O3. The molecule has 5 heteroatoms. The summed E-state index contributed by atoms with van der Waals surface area (Å²) in [6.07, 6.45) is 2.66. The van der Waals surface area contributed by atoms with Crippen LogP contribution in [0.5, 0.6) is 11.5 Å². The van der Waals surface area contributed by atoms with E-state index < -0.39 is 6.10 Å². The third-order valence-corrected chi connectivity index (χ3v) is 4.87. The van der Waals surface area contributed by atoms with E-state index in [9.17, 15) is 4.79 Å². The first kappa shape index (κ1) is 16.8. The van der Waals surface area contributed by atoms with Gasteiger partial charge in [0.15, 0.2) is 11.5 Å². The predicted octanol–water partition coefficient (Wildman–Crippen LogP) is 3.39. The molecule has 24 heavy (non-hydrogen) atoms. The number of benzene rings is 1. The van der Waals surface area contributed by atoms with Gasteiger partial charge in [-0.1, -0.05) is 32.9 Å². The SMILES string of the molecule is CC(C)[C@H]1CC[C@@H](C)C/C1=N/NC(=O)[C@@H]1COc2ccccc2O1. The van der Waals surface area contributed by atoms with Crippen LogP contribution in [0.2, 0.25) is 0 Å². The molecule has 3 atom stereocenters. The second kappa shape index (κ2) is 7.24. The van der Waals surface area contributed by atoms with Crippen molar-refractivity contribution >= 4 is 11.6 Å². The Morgan fingerprint density at radius 2 is 2.00 bits per heavy atom. The quantitative estimate of drug-likeness (QED) is 0.864. The maximum Gasteiger partial charge on any atom is 0.284 e. The monoisotopic (exact) mass is 330 g/mol. The topological polar surface area (TPSA) is 59.9 Å². The van der Waals surface area contributed by atoms with E-state index in [1.807, 2.05) is 18.2 Å². The minimum atomic E-state index is -0.664. The van der Waals surface area contributed by atoms with Crippen molar-refractivity contribution in [2.45, 2.75) is 46.1 Å². The second-order valence-corrected chi connectivity index (χ2v) is 7.18. The summed E-state index contributed by atoms with van der Waals surface area (Å²) in [7, 11) is 0. The normalized spacial score (nSPS) is 28.0. The van der Waals surface area contributed by atoms with Crippen molar-refractivity contribution in [1.82, 2.24) is 5.43 Å². The molecule has 1 aromatic rings. The molecule has 130 valence electrons. The van der Waals surface area contributed by atoms with Gasteiger partial charge in [0.05, 0.1) is 0 Å². The lowest BCUT2D eigenvalue weighted by Crippen LogP contribution is -2.43. The number of hydrogen-bond acceptors (Lipinski definition) is 4. The first-order chi connectivity index (χ1) is 11.5. The minimum Gasteiger partial charge on any atom is -0.485 e. The molecule has 2 aliphatic rings. The molecule has 0 unspecified atom stereocenters. The van der Waals surface area contributed by atoms with Gasteiger partial charge in [-0.05, 0) is 43.2 Å². The van der Waals surface area contributed by atoms with Gasteiger partial charge in [-0.15, -0.1) is 0 Å². The van der Waals surface area contributed by atoms with Crippen LogP contribution in [0.3, 0.4) is 0 Å². The van der Waals surface area contributed by atoms with Gasteiger partial charge in [0, 0.05) is 11.6 Å². The highest BCUT2D eigenvalue weighted by Gasteiger charge is 2.29. The summed E-state index contributed by atoms with van der Waals surface area (Å²) in [5.41, 5.74) is 3.81. The third-order valence-electron chi connectivity index (χ3n) is 4.87. The summed E-state index contributed by atoms with van der Waals surface area (Å²) in [6.45, 7) is 6.88. The lowest BCUT2D eigenvalue weighted by molar-refractivity contribution is -0.130. The number of fused-ring (bicyclic) bond motifs is 1. The second-order valence-electron chi connectivity index (χ2n) is 7.18. The molecule has 0 bridgehead atoms. The Balaban J connectivity index is 1.64. The van der Waals surface area contributed by atoms with Crippen molar-refractivity contribution in [2.24, 2.45) is 22.9 Å². The fourth-order valence-corrected chi connectivity index (χ4v) is 3.44. The molecule has 1 aliphatic heterocycles. The number of hydrazone groups is 1. The van der Waals surface area contributed by atoms with Crippen LogP contribution >= 0.6 is 0 Å². The molecule has 1 N–H and O–H groups in total. The van der Waals surface area contributed by atoms with Crippen LogP contribution in [0.25, 0.3) is 0 Å². The molecule has 1 saturated carbocycles. The number of nitrogens with zero attached hydrogens (tertiary/aromatic N) is 1. The van der Waals surface area contributed by atoms with Crippen LogP contribution in [-0.2, 0) is 4.79 Å². The van der Waals surface area contributed by atoms with Gasteiger partial charge >= 0.3 is 0 Å². The Hall–Kier alpha value is -2.04. The lowest BCUT2D eigenvalue weighted by Gasteiger charge is -2.31. The van der Waals surface area contributed by atoms with Crippen molar-refractivity contribution in [1.29, 1.82) is 0 Å². The summed E-state index contributed by atoms with van der Waals surface area (Å²) in [6, 6.07) is 7.38. The Bertz CT molecular complexity index is 627. The van der Waals surface area contributed by atoms with Crippen molar-refractivity contribution in [3.05, 3.63) is 24.3 Å². The van der Waals surface area contributed by atoms with E-state index in [1.165, 1.54) is 6.42 Å². The first-order valence-electron chi connectivity index (χ1n) is 8.79. The molecule has 0 aromatic heterocycles. The number of para-hydroxylation sites is 2. The molecule has 5 nitrogen and oxygen atoms in total. The molecule has 0 radical (unpaired) electrons. The number of amides is 1. The molecule has 0 spiro atoms. The van der Waals surface area contributed by atoms with Gasteiger partial charge in [-0.25, -0.2) is 5.43 Å². The summed E-state index contributed by atoms with van der Waals surface area (Å²) < 4.78 is 11.3. The fourth-order valence-electron chi connectivity index (χ4n) is 3.44. The molecule has 3 rings (SSSR count). The molecule has 1 fully saturated rings. The van der Waals surface area contributed by atoms with Crippen LogP contribution in [0, 0.1) is 17.8 Å². The lowest BCUT2D eigenvalue weighted by atomic mass is 9.76. The summed E-state index contributed by atoms with van der Waals surface area (Å²) in [4.78, 5) is 12.4. The van der Waals surface area contributed by atoms with E-state index >= 15 is 0 Å². The van der Waals surface area contributed by atoms with Crippen LogP contribution < -0.4 is 14.9 Å². The molecule has 1 amide bonds. The Kier molecular flexibility index (Phi) is 5.07. The summed E-state index contributed by atoms with van der Waals surface area (Å²) >= 11 is 0. The standard InChI is InChI=1S/C19H26N2O3/c1-12(2)14-9-8-13(3)10-15(14)20-21-19(22)18-11-23-16-6-4-5-7-17(16)24-18/h4-7,12-14,18H,8-11H2,1-3H3,(H,21,22)/b20-15-/t13-,14-,18+/m1/s1. The Morgan fingerprint density at radius 3 is 2.75 bits per heavy atom. The average molecular weight is 330 g/mol. The number of carbonyl (C=O) groups excluding carboxylic acids is 1. The van der Waals surface area contributed by atoms with Gasteiger partial charge < -0.3 is 9.47 Å². The largest absolute Gasteiger partial charge is 0.485 e. The highest BCUT2D eigenvalue weighted by atomic mass is 16.6. The summed E-state index contributed by atoms with van der Waals surface area (Å²) in [5, 5.41) is 4.45. The number of hydrogen-bond donors (Lipinski definition) is 1. The molecular weight excluding hydrogens is 304 g/mol. The van der Waals surface area contributed by atoms with E-state index in [2.05, 4.69) is 31.3 Å². The van der Waals surface area contributed by atoms with Gasteiger partial charge in [0.2, 0.25) is 6.10 Å². The van der Waals surface area contributed by atoms with E-state index in [-0.39, 0.29) is 12.5 Å². The van der Waals surface area contributed by atoms with E-state index in [0.717, 1.165) is 18.6 Å². The number of nitrogens with one attached hydrogen (secondary N) is 1. The predicted molar refractivity (Wildman–Crippen MR) is 93.3 cm³/mol. The average Bonchev–Trinajstić information content (AvgIpc) is 2.59. The van der Waals surface area contributed by atoms with E-state index in [4.69, 9.17) is 9.47 Å². The van der Waals surface area contributed by atoms with Crippen molar-refractivity contribution in [2.75, 3.05) is 6.61 Å². The van der Waals surface area contributed by atoms with Gasteiger partial charge in [-0.3, -0.25) is 4.79 Å². The highest BCUT2D eigenvalue weighted by molar-refractivity contribution is 5.90. The maximum atomic E-state index is 12.4. The summed E-state index contributed by atoms with van der Waals surface area (Å²) in [5.74, 6) is 2.63. The molecule has 1 aliphatic carbocycles. The van der Waals surface area contributed by atoms with Crippen LogP contribution in [0.15, 0.2) is 29.4 Å². The third kappa shape index (κ3) is 3.71. The van der Waals surface area contributed by atoms with Gasteiger partial charge in [0.1, 0.15) is 6.61 Å². The smallest absolute Gasteiger partial charge is 0.284 e. The molecule has 1 aromatic carbocycles. The Labute approximate surface area is 143 Å². The number of rotatable bonds is 3. The van der Waals surface area contributed by atoms with Gasteiger partial charge in [-0.2, -0.15) is 5.10 Å². The van der Waals surface area contributed by atoms with Gasteiger partial charge in [0.25, 0.3) is 5.91 Å². The fraction of sp³-hybridized carbons (Fsp3) is 0.579. The van der Waals surface area contributed by atoms with E-state index in [1.54, 1.807) is 6.07 Å².